The number of hydrogen-bond donors (Lipinski definition) is 2. The molecule has 0 spiro atoms. The topological polar surface area (TPSA) is 24.1 Å². The zero-order valence-electron chi connectivity index (χ0n) is 11.4. The SMILES string of the molecule is CC(C)Sc1ccc(NCC2CCNCC2)cc1. The Morgan fingerprint density at radius 1 is 1.22 bits per heavy atom. The first-order valence-electron chi connectivity index (χ1n) is 6.95. The van der Waals surface area contributed by atoms with E-state index >= 15 is 0 Å². The molecule has 0 aliphatic carbocycles. The molecule has 0 bridgehead atoms. The molecule has 0 radical (unpaired) electrons. The van der Waals surface area contributed by atoms with Crippen molar-refractivity contribution in [3.05, 3.63) is 24.3 Å². The number of thioether (sulfide) groups is 1. The van der Waals surface area contributed by atoms with Crippen LogP contribution in [0.1, 0.15) is 26.7 Å². The third-order valence-electron chi connectivity index (χ3n) is 3.28. The van der Waals surface area contributed by atoms with Crippen LogP contribution in [0.4, 0.5) is 5.69 Å². The van der Waals surface area contributed by atoms with E-state index in [2.05, 4.69) is 48.7 Å². The molecule has 1 aromatic carbocycles. The van der Waals surface area contributed by atoms with Gasteiger partial charge in [-0.15, -0.1) is 11.8 Å². The lowest BCUT2D eigenvalue weighted by atomic mass is 9.98. The summed E-state index contributed by atoms with van der Waals surface area (Å²) in [4.78, 5) is 1.36. The molecule has 2 rings (SSSR count). The molecule has 1 fully saturated rings. The summed E-state index contributed by atoms with van der Waals surface area (Å²) in [6, 6.07) is 8.84. The summed E-state index contributed by atoms with van der Waals surface area (Å²) in [5.41, 5.74) is 1.25. The predicted octanol–water partition coefficient (Wildman–Crippen LogP) is 3.60. The highest BCUT2D eigenvalue weighted by Gasteiger charge is 2.12. The zero-order valence-corrected chi connectivity index (χ0v) is 12.2. The molecule has 1 aliphatic heterocycles. The molecule has 1 aromatic rings. The van der Waals surface area contributed by atoms with E-state index in [0.717, 1.165) is 12.5 Å². The van der Waals surface area contributed by atoms with E-state index in [4.69, 9.17) is 0 Å². The molecular weight excluding hydrogens is 240 g/mol. The molecule has 1 aliphatic rings. The number of hydrogen-bond acceptors (Lipinski definition) is 3. The average Bonchev–Trinajstić information content (AvgIpc) is 2.38. The van der Waals surface area contributed by atoms with Crippen LogP contribution in [0.25, 0.3) is 0 Å². The van der Waals surface area contributed by atoms with Crippen molar-refractivity contribution in [2.24, 2.45) is 5.92 Å². The van der Waals surface area contributed by atoms with Gasteiger partial charge in [0.1, 0.15) is 0 Å². The molecule has 3 heteroatoms. The number of piperidine rings is 1. The van der Waals surface area contributed by atoms with Crippen molar-refractivity contribution < 1.29 is 0 Å². The fraction of sp³-hybridized carbons (Fsp3) is 0.600. The van der Waals surface area contributed by atoms with Crippen molar-refractivity contribution in [1.82, 2.24) is 5.32 Å². The first-order chi connectivity index (χ1) is 8.74. The fourth-order valence-corrected chi connectivity index (χ4v) is 3.11. The first kappa shape index (κ1) is 13.8. The van der Waals surface area contributed by atoms with Gasteiger partial charge in [0, 0.05) is 22.4 Å². The third kappa shape index (κ3) is 4.54. The van der Waals surface area contributed by atoms with Gasteiger partial charge in [-0.1, -0.05) is 13.8 Å². The van der Waals surface area contributed by atoms with Crippen molar-refractivity contribution in [2.45, 2.75) is 36.8 Å². The van der Waals surface area contributed by atoms with Gasteiger partial charge in [0.05, 0.1) is 0 Å². The molecular formula is C15H24N2S. The summed E-state index contributed by atoms with van der Waals surface area (Å²) in [6.45, 7) is 7.92. The summed E-state index contributed by atoms with van der Waals surface area (Å²) in [5, 5.41) is 7.62. The molecule has 1 heterocycles. The number of rotatable bonds is 5. The van der Waals surface area contributed by atoms with E-state index in [1.807, 2.05) is 11.8 Å². The third-order valence-corrected chi connectivity index (χ3v) is 4.30. The molecule has 0 atom stereocenters. The van der Waals surface area contributed by atoms with Crippen molar-refractivity contribution in [3.8, 4) is 0 Å². The number of benzene rings is 1. The van der Waals surface area contributed by atoms with Gasteiger partial charge in [0.15, 0.2) is 0 Å². The fourth-order valence-electron chi connectivity index (χ4n) is 2.27. The Labute approximate surface area is 115 Å². The lowest BCUT2D eigenvalue weighted by Gasteiger charge is -2.23. The smallest absolute Gasteiger partial charge is 0.0341 e. The Bertz CT molecular complexity index is 342. The van der Waals surface area contributed by atoms with E-state index < -0.39 is 0 Å². The molecule has 0 saturated carbocycles. The van der Waals surface area contributed by atoms with Gasteiger partial charge in [0.2, 0.25) is 0 Å². The monoisotopic (exact) mass is 264 g/mol. The van der Waals surface area contributed by atoms with Gasteiger partial charge in [0.25, 0.3) is 0 Å². The van der Waals surface area contributed by atoms with Crippen LogP contribution in [-0.4, -0.2) is 24.9 Å². The van der Waals surface area contributed by atoms with Crippen LogP contribution in [0.15, 0.2) is 29.2 Å². The van der Waals surface area contributed by atoms with Gasteiger partial charge >= 0.3 is 0 Å². The van der Waals surface area contributed by atoms with E-state index in [1.165, 1.54) is 36.5 Å². The molecule has 0 amide bonds. The standard InChI is InChI=1S/C15H24N2S/c1-12(2)18-15-5-3-14(4-6-15)17-11-13-7-9-16-10-8-13/h3-6,12-13,16-17H,7-11H2,1-2H3. The summed E-state index contributed by atoms with van der Waals surface area (Å²) < 4.78 is 0. The predicted molar refractivity (Wildman–Crippen MR) is 81.5 cm³/mol. The highest BCUT2D eigenvalue weighted by molar-refractivity contribution is 7.99. The largest absolute Gasteiger partial charge is 0.385 e. The van der Waals surface area contributed by atoms with Crippen LogP contribution in [-0.2, 0) is 0 Å². The van der Waals surface area contributed by atoms with E-state index in [0.29, 0.717) is 5.25 Å². The average molecular weight is 264 g/mol. The Morgan fingerprint density at radius 3 is 2.50 bits per heavy atom. The van der Waals surface area contributed by atoms with Crippen molar-refractivity contribution >= 4 is 17.4 Å². The van der Waals surface area contributed by atoms with Gasteiger partial charge in [-0.05, 0) is 56.1 Å². The van der Waals surface area contributed by atoms with Crippen LogP contribution in [0.5, 0.6) is 0 Å². The number of anilines is 1. The van der Waals surface area contributed by atoms with Crippen LogP contribution in [0.3, 0.4) is 0 Å². The van der Waals surface area contributed by atoms with Gasteiger partial charge in [-0.3, -0.25) is 0 Å². The molecule has 1 saturated heterocycles. The Morgan fingerprint density at radius 2 is 1.89 bits per heavy atom. The minimum atomic E-state index is 0.651. The zero-order chi connectivity index (χ0) is 12.8. The second-order valence-corrected chi connectivity index (χ2v) is 6.92. The van der Waals surface area contributed by atoms with E-state index in [-0.39, 0.29) is 0 Å². The van der Waals surface area contributed by atoms with Crippen LogP contribution >= 0.6 is 11.8 Å². The Balaban J connectivity index is 1.78. The summed E-state index contributed by atoms with van der Waals surface area (Å²) >= 11 is 1.92. The molecule has 0 unspecified atom stereocenters. The second-order valence-electron chi connectivity index (χ2n) is 5.27. The second kappa shape index (κ2) is 7.05. The molecule has 100 valence electrons. The van der Waals surface area contributed by atoms with Gasteiger partial charge in [-0.2, -0.15) is 0 Å². The van der Waals surface area contributed by atoms with Crippen LogP contribution in [0, 0.1) is 5.92 Å². The van der Waals surface area contributed by atoms with Gasteiger partial charge < -0.3 is 10.6 Å². The summed E-state index contributed by atoms with van der Waals surface area (Å²) in [6.07, 6.45) is 2.60. The maximum atomic E-state index is 3.56. The minimum absolute atomic E-state index is 0.651. The van der Waals surface area contributed by atoms with E-state index in [1.54, 1.807) is 0 Å². The molecule has 0 aromatic heterocycles. The van der Waals surface area contributed by atoms with Crippen molar-refractivity contribution in [2.75, 3.05) is 25.0 Å². The maximum Gasteiger partial charge on any atom is 0.0341 e. The summed E-state index contributed by atoms with van der Waals surface area (Å²) in [5.74, 6) is 0.830. The lowest BCUT2D eigenvalue weighted by Crippen LogP contribution is -2.31. The maximum absolute atomic E-state index is 3.56. The molecule has 2 N–H and O–H groups in total. The Kier molecular flexibility index (Phi) is 5.39. The molecule has 2 nitrogen and oxygen atoms in total. The highest BCUT2D eigenvalue weighted by Crippen LogP contribution is 2.24. The number of nitrogens with one attached hydrogen (secondary N) is 2. The quantitative estimate of drug-likeness (QED) is 0.795. The van der Waals surface area contributed by atoms with Crippen LogP contribution < -0.4 is 10.6 Å². The summed E-state index contributed by atoms with van der Waals surface area (Å²) in [7, 11) is 0. The normalized spacial score (nSPS) is 17.1. The van der Waals surface area contributed by atoms with Crippen LogP contribution in [0.2, 0.25) is 0 Å². The Hall–Kier alpha value is -0.670. The molecule has 18 heavy (non-hydrogen) atoms. The first-order valence-corrected chi connectivity index (χ1v) is 7.83. The van der Waals surface area contributed by atoms with Crippen molar-refractivity contribution in [3.63, 3.8) is 0 Å². The highest BCUT2D eigenvalue weighted by atomic mass is 32.2. The van der Waals surface area contributed by atoms with Gasteiger partial charge in [-0.25, -0.2) is 0 Å². The van der Waals surface area contributed by atoms with E-state index in [9.17, 15) is 0 Å². The van der Waals surface area contributed by atoms with Crippen molar-refractivity contribution in [1.29, 1.82) is 0 Å². The lowest BCUT2D eigenvalue weighted by molar-refractivity contribution is 0.390. The minimum Gasteiger partial charge on any atom is -0.385 e.